The number of hydrogen-bond acceptors (Lipinski definition) is 7. The Balaban J connectivity index is 1.97. The number of carbonyl (C=O) groups is 1. The van der Waals surface area contributed by atoms with Gasteiger partial charge in [-0.05, 0) is 47.8 Å². The highest BCUT2D eigenvalue weighted by atomic mass is 32.1. The molecule has 0 saturated carbocycles. The third-order valence-electron chi connectivity index (χ3n) is 3.66. The van der Waals surface area contributed by atoms with E-state index in [9.17, 15) is 9.90 Å². The number of nitrogens with one attached hydrogen (secondary N) is 1. The van der Waals surface area contributed by atoms with Gasteiger partial charge in [0.1, 0.15) is 5.75 Å². The number of phenolic OH excluding ortho intramolecular Hbond substituents is 1. The molecule has 0 radical (unpaired) electrons. The molecule has 2 heterocycles. The summed E-state index contributed by atoms with van der Waals surface area (Å²) < 4.78 is 4.24. The predicted octanol–water partition coefficient (Wildman–Crippen LogP) is 4.72. The SMILES string of the molecule is CCC(=O)Nc1cc(/N=N/c2snc3ncccc23)c(CC)cc1O. The molecule has 2 N–H and O–H groups in total. The number of phenols is 1. The van der Waals surface area contributed by atoms with E-state index in [-0.39, 0.29) is 11.7 Å². The fourth-order valence-corrected chi connectivity index (χ4v) is 2.93. The highest BCUT2D eigenvalue weighted by molar-refractivity contribution is 7.11. The van der Waals surface area contributed by atoms with Crippen LogP contribution in [-0.2, 0) is 11.2 Å². The summed E-state index contributed by atoms with van der Waals surface area (Å²) in [5.74, 6) is -0.160. The summed E-state index contributed by atoms with van der Waals surface area (Å²) in [6, 6.07) is 6.95. The number of aryl methyl sites for hydroxylation is 1. The molecule has 0 fully saturated rings. The Bertz CT molecular complexity index is 951. The Labute approximate surface area is 148 Å². The van der Waals surface area contributed by atoms with Crippen LogP contribution in [0.15, 0.2) is 40.7 Å². The van der Waals surface area contributed by atoms with Crippen molar-refractivity contribution < 1.29 is 9.90 Å². The minimum absolute atomic E-state index is 0.0186. The lowest BCUT2D eigenvalue weighted by Gasteiger charge is -2.10. The molecule has 1 amide bonds. The largest absolute Gasteiger partial charge is 0.506 e. The first kappa shape index (κ1) is 17.0. The monoisotopic (exact) mass is 355 g/mol. The van der Waals surface area contributed by atoms with Gasteiger partial charge in [-0.25, -0.2) is 4.98 Å². The van der Waals surface area contributed by atoms with Gasteiger partial charge in [0, 0.05) is 12.6 Å². The van der Waals surface area contributed by atoms with Crippen LogP contribution in [0.25, 0.3) is 11.0 Å². The molecule has 3 rings (SSSR count). The molecule has 1 aromatic carbocycles. The Kier molecular flexibility index (Phi) is 4.99. The van der Waals surface area contributed by atoms with E-state index in [0.29, 0.717) is 34.9 Å². The molecule has 25 heavy (non-hydrogen) atoms. The fraction of sp³-hybridized carbons (Fsp3) is 0.235. The van der Waals surface area contributed by atoms with Gasteiger partial charge in [-0.15, -0.1) is 10.2 Å². The van der Waals surface area contributed by atoms with Gasteiger partial charge in [0.15, 0.2) is 10.6 Å². The number of amides is 1. The molecule has 0 saturated heterocycles. The number of benzene rings is 1. The molecule has 8 heteroatoms. The number of anilines is 1. The summed E-state index contributed by atoms with van der Waals surface area (Å²) in [4.78, 5) is 15.8. The first-order valence-electron chi connectivity index (χ1n) is 7.90. The second-order valence-corrected chi connectivity index (χ2v) is 6.07. The van der Waals surface area contributed by atoms with E-state index in [1.165, 1.54) is 11.5 Å². The van der Waals surface area contributed by atoms with Gasteiger partial charge in [0.25, 0.3) is 0 Å². The van der Waals surface area contributed by atoms with Crippen LogP contribution in [0.4, 0.5) is 16.4 Å². The van der Waals surface area contributed by atoms with Crippen LogP contribution in [0.1, 0.15) is 25.8 Å². The summed E-state index contributed by atoms with van der Waals surface area (Å²) >= 11 is 1.23. The molecule has 0 aliphatic carbocycles. The van der Waals surface area contributed by atoms with Crippen molar-refractivity contribution in [2.24, 2.45) is 10.2 Å². The van der Waals surface area contributed by atoms with E-state index in [1.54, 1.807) is 25.3 Å². The van der Waals surface area contributed by atoms with Crippen LogP contribution >= 0.6 is 11.5 Å². The van der Waals surface area contributed by atoms with Crippen molar-refractivity contribution in [1.82, 2.24) is 9.36 Å². The average molecular weight is 355 g/mol. The zero-order valence-electron chi connectivity index (χ0n) is 13.9. The van der Waals surface area contributed by atoms with Gasteiger partial charge >= 0.3 is 0 Å². The minimum atomic E-state index is -0.179. The van der Waals surface area contributed by atoms with E-state index in [2.05, 4.69) is 24.9 Å². The van der Waals surface area contributed by atoms with Gasteiger partial charge < -0.3 is 10.4 Å². The van der Waals surface area contributed by atoms with E-state index >= 15 is 0 Å². The molecule has 0 aliphatic rings. The third kappa shape index (κ3) is 3.63. The van der Waals surface area contributed by atoms with Crippen LogP contribution in [0.3, 0.4) is 0 Å². The summed E-state index contributed by atoms with van der Waals surface area (Å²) in [6.07, 6.45) is 2.68. The zero-order chi connectivity index (χ0) is 17.8. The smallest absolute Gasteiger partial charge is 0.224 e. The number of aromatic nitrogens is 2. The van der Waals surface area contributed by atoms with E-state index < -0.39 is 0 Å². The number of azo groups is 1. The van der Waals surface area contributed by atoms with Gasteiger partial charge in [-0.2, -0.15) is 4.37 Å². The number of pyridine rings is 1. The summed E-state index contributed by atoms with van der Waals surface area (Å²) in [7, 11) is 0. The zero-order valence-corrected chi connectivity index (χ0v) is 14.7. The lowest BCUT2D eigenvalue weighted by Crippen LogP contribution is -2.09. The molecule has 128 valence electrons. The molecule has 0 unspecified atom stereocenters. The Morgan fingerprint density at radius 2 is 2.16 bits per heavy atom. The standard InChI is InChI=1S/C17H17N5O2S/c1-3-10-8-14(23)13(19-15(24)4-2)9-12(10)20-21-17-11-6-5-7-18-16(11)22-25-17/h5-9,23H,3-4H2,1-2H3,(H,19,24)/b21-20+. The molecule has 2 aromatic heterocycles. The molecule has 0 bridgehead atoms. The maximum atomic E-state index is 11.6. The number of fused-ring (bicyclic) bond motifs is 1. The third-order valence-corrected chi connectivity index (χ3v) is 4.40. The second kappa shape index (κ2) is 7.35. The minimum Gasteiger partial charge on any atom is -0.506 e. The van der Waals surface area contributed by atoms with Crippen molar-refractivity contribution >= 4 is 44.8 Å². The first-order valence-corrected chi connectivity index (χ1v) is 8.67. The summed E-state index contributed by atoms with van der Waals surface area (Å²) in [6.45, 7) is 3.71. The van der Waals surface area contributed by atoms with Crippen molar-refractivity contribution in [2.45, 2.75) is 26.7 Å². The molecule has 0 atom stereocenters. The second-order valence-electron chi connectivity index (χ2n) is 5.32. The molecule has 7 nitrogen and oxygen atoms in total. The highest BCUT2D eigenvalue weighted by Gasteiger charge is 2.11. The number of aromatic hydroxyl groups is 1. The van der Waals surface area contributed by atoms with Crippen molar-refractivity contribution in [2.75, 3.05) is 5.32 Å². The number of rotatable bonds is 5. The van der Waals surface area contributed by atoms with Crippen LogP contribution in [0, 0.1) is 0 Å². The maximum absolute atomic E-state index is 11.6. The van der Waals surface area contributed by atoms with Crippen LogP contribution in [0.5, 0.6) is 5.75 Å². The van der Waals surface area contributed by atoms with Gasteiger partial charge in [-0.3, -0.25) is 4.79 Å². The van der Waals surface area contributed by atoms with Crippen molar-refractivity contribution in [3.05, 3.63) is 36.0 Å². The quantitative estimate of drug-likeness (QED) is 0.511. The molecular formula is C17H17N5O2S. The topological polar surface area (TPSA) is 99.8 Å². The Morgan fingerprint density at radius 1 is 1.32 bits per heavy atom. The van der Waals surface area contributed by atoms with E-state index in [4.69, 9.17) is 0 Å². The summed E-state index contributed by atoms with van der Waals surface area (Å²) in [5, 5.41) is 22.9. The average Bonchev–Trinajstić information content (AvgIpc) is 3.05. The van der Waals surface area contributed by atoms with Crippen LogP contribution in [0.2, 0.25) is 0 Å². The molecule has 3 aromatic rings. The molecule has 0 aliphatic heterocycles. The van der Waals surface area contributed by atoms with Gasteiger partial charge in [0.05, 0.1) is 16.8 Å². The lowest BCUT2D eigenvalue weighted by atomic mass is 10.1. The Hall–Kier alpha value is -2.87. The van der Waals surface area contributed by atoms with E-state index in [0.717, 1.165) is 10.9 Å². The molecular weight excluding hydrogens is 338 g/mol. The summed E-state index contributed by atoms with van der Waals surface area (Å²) in [5.41, 5.74) is 2.40. The first-order chi connectivity index (χ1) is 12.1. The van der Waals surface area contributed by atoms with Crippen molar-refractivity contribution in [1.29, 1.82) is 0 Å². The van der Waals surface area contributed by atoms with Crippen LogP contribution in [-0.4, -0.2) is 20.4 Å². The number of nitrogens with zero attached hydrogens (tertiary/aromatic N) is 4. The Morgan fingerprint density at radius 3 is 2.92 bits per heavy atom. The fourth-order valence-electron chi connectivity index (χ4n) is 2.28. The molecule has 0 spiro atoms. The van der Waals surface area contributed by atoms with E-state index in [1.807, 2.05) is 19.1 Å². The van der Waals surface area contributed by atoms with Crippen molar-refractivity contribution in [3.8, 4) is 5.75 Å². The normalized spacial score (nSPS) is 11.3. The van der Waals surface area contributed by atoms with Crippen LogP contribution < -0.4 is 5.32 Å². The van der Waals surface area contributed by atoms with Gasteiger partial charge in [-0.1, -0.05) is 13.8 Å². The highest BCUT2D eigenvalue weighted by Crippen LogP contribution is 2.35. The number of hydrogen-bond donors (Lipinski definition) is 2. The van der Waals surface area contributed by atoms with Gasteiger partial charge in [0.2, 0.25) is 5.91 Å². The number of carbonyl (C=O) groups excluding carboxylic acids is 1. The lowest BCUT2D eigenvalue weighted by molar-refractivity contribution is -0.115. The van der Waals surface area contributed by atoms with Crippen molar-refractivity contribution in [3.63, 3.8) is 0 Å². The maximum Gasteiger partial charge on any atom is 0.224 e. The predicted molar refractivity (Wildman–Crippen MR) is 98.0 cm³/mol.